The summed E-state index contributed by atoms with van der Waals surface area (Å²) in [7, 11) is 0. The van der Waals surface area contributed by atoms with Gasteiger partial charge in [-0.25, -0.2) is 4.79 Å². The highest BCUT2D eigenvalue weighted by Gasteiger charge is 2.49. The van der Waals surface area contributed by atoms with Crippen molar-refractivity contribution in [3.63, 3.8) is 0 Å². The molecule has 4 heterocycles. The zero-order chi connectivity index (χ0) is 12.9. The summed E-state index contributed by atoms with van der Waals surface area (Å²) < 4.78 is 5.55. The average Bonchev–Trinajstić information content (AvgIpc) is 2.37. The Balaban J connectivity index is 1.74. The second-order valence-corrected chi connectivity index (χ2v) is 7.00. The number of amides is 1. The smallest absolute Gasteiger partial charge is 0.410 e. The van der Waals surface area contributed by atoms with Crippen LogP contribution in [0.25, 0.3) is 0 Å². The fourth-order valence-corrected chi connectivity index (χ4v) is 3.81. The molecule has 4 aliphatic heterocycles. The molecule has 0 spiro atoms. The molecule has 0 aromatic rings. The van der Waals surface area contributed by atoms with Gasteiger partial charge in [-0.1, -0.05) is 0 Å². The van der Waals surface area contributed by atoms with Crippen LogP contribution >= 0.6 is 0 Å². The molecule has 0 radical (unpaired) electrons. The molecule has 4 aliphatic rings. The highest BCUT2D eigenvalue weighted by molar-refractivity contribution is 5.69. The summed E-state index contributed by atoms with van der Waals surface area (Å²) in [6.07, 6.45) is 2.40. The third-order valence-electron chi connectivity index (χ3n) is 4.60. The molecule has 4 rings (SSSR count). The fraction of sp³-hybridized carbons (Fsp3) is 0.929. The average molecular weight is 252 g/mol. The topological polar surface area (TPSA) is 32.8 Å². The van der Waals surface area contributed by atoms with E-state index in [0.717, 1.165) is 19.0 Å². The lowest BCUT2D eigenvalue weighted by atomic mass is 9.86. The van der Waals surface area contributed by atoms with Crippen LogP contribution in [0.4, 0.5) is 4.79 Å². The van der Waals surface area contributed by atoms with E-state index < -0.39 is 0 Å². The molecule has 0 N–H and O–H groups in total. The van der Waals surface area contributed by atoms with Crippen LogP contribution in [0.2, 0.25) is 0 Å². The van der Waals surface area contributed by atoms with E-state index in [1.807, 2.05) is 25.7 Å². The molecule has 4 unspecified atom stereocenters. The maximum Gasteiger partial charge on any atom is 0.410 e. The summed E-state index contributed by atoms with van der Waals surface area (Å²) in [6.45, 7) is 10.2. The SMILES string of the molecule is CC(C)(C)OC(=O)N1CC2CCN3CCC2C1C3. The lowest BCUT2D eigenvalue weighted by Gasteiger charge is -2.37. The molecule has 4 saturated heterocycles. The van der Waals surface area contributed by atoms with Crippen molar-refractivity contribution < 1.29 is 9.53 Å². The van der Waals surface area contributed by atoms with Gasteiger partial charge in [0.25, 0.3) is 0 Å². The van der Waals surface area contributed by atoms with Gasteiger partial charge in [-0.15, -0.1) is 0 Å². The van der Waals surface area contributed by atoms with E-state index >= 15 is 0 Å². The molecule has 0 aromatic carbocycles. The quantitative estimate of drug-likeness (QED) is 0.660. The van der Waals surface area contributed by atoms with Gasteiger partial charge in [0.05, 0.1) is 6.04 Å². The number of hydrogen-bond donors (Lipinski definition) is 0. The summed E-state index contributed by atoms with van der Waals surface area (Å²) in [4.78, 5) is 16.8. The number of piperidine rings is 1. The second kappa shape index (κ2) is 4.12. The van der Waals surface area contributed by atoms with Crippen LogP contribution in [0, 0.1) is 11.8 Å². The zero-order valence-corrected chi connectivity index (χ0v) is 11.7. The van der Waals surface area contributed by atoms with Gasteiger partial charge in [-0.05, 0) is 58.5 Å². The molecule has 1 amide bonds. The van der Waals surface area contributed by atoms with E-state index in [1.54, 1.807) is 0 Å². The fourth-order valence-electron chi connectivity index (χ4n) is 3.81. The van der Waals surface area contributed by atoms with Gasteiger partial charge in [0.2, 0.25) is 0 Å². The summed E-state index contributed by atoms with van der Waals surface area (Å²) in [6, 6.07) is 0.404. The Morgan fingerprint density at radius 1 is 1.17 bits per heavy atom. The first kappa shape index (κ1) is 12.3. The van der Waals surface area contributed by atoms with Gasteiger partial charge in [0.15, 0.2) is 0 Å². The van der Waals surface area contributed by atoms with Crippen LogP contribution in [0.5, 0.6) is 0 Å². The predicted molar refractivity (Wildman–Crippen MR) is 69.4 cm³/mol. The van der Waals surface area contributed by atoms with Crippen molar-refractivity contribution >= 4 is 6.09 Å². The van der Waals surface area contributed by atoms with E-state index in [0.29, 0.717) is 12.0 Å². The Bertz CT molecular complexity index is 350. The van der Waals surface area contributed by atoms with Gasteiger partial charge in [0, 0.05) is 13.1 Å². The Kier molecular flexibility index (Phi) is 2.81. The Hall–Kier alpha value is -0.770. The molecule has 4 heteroatoms. The first-order valence-electron chi connectivity index (χ1n) is 7.16. The highest BCUT2D eigenvalue weighted by Crippen LogP contribution is 2.41. The Labute approximate surface area is 109 Å². The van der Waals surface area contributed by atoms with E-state index in [9.17, 15) is 4.79 Å². The van der Waals surface area contributed by atoms with Crippen LogP contribution in [-0.4, -0.2) is 53.7 Å². The van der Waals surface area contributed by atoms with Gasteiger partial charge in [-0.2, -0.15) is 0 Å². The summed E-state index contributed by atoms with van der Waals surface area (Å²) >= 11 is 0. The molecule has 0 aliphatic carbocycles. The zero-order valence-electron chi connectivity index (χ0n) is 11.7. The molecule has 0 saturated carbocycles. The lowest BCUT2D eigenvalue weighted by Crippen LogP contribution is -2.50. The molecule has 4 bridgehead atoms. The van der Waals surface area contributed by atoms with E-state index in [4.69, 9.17) is 4.74 Å². The first-order chi connectivity index (χ1) is 8.44. The van der Waals surface area contributed by atoms with Crippen molar-refractivity contribution in [2.45, 2.75) is 45.3 Å². The van der Waals surface area contributed by atoms with Crippen LogP contribution < -0.4 is 0 Å². The summed E-state index contributed by atoms with van der Waals surface area (Å²) in [5.41, 5.74) is -0.386. The second-order valence-electron chi connectivity index (χ2n) is 7.00. The normalized spacial score (nSPS) is 38.7. The monoisotopic (exact) mass is 252 g/mol. The summed E-state index contributed by atoms with van der Waals surface area (Å²) in [5.74, 6) is 1.42. The van der Waals surface area contributed by atoms with E-state index in [2.05, 4.69) is 4.90 Å². The number of fused-ring (bicyclic) bond motifs is 2. The third-order valence-corrected chi connectivity index (χ3v) is 4.60. The van der Waals surface area contributed by atoms with Crippen molar-refractivity contribution in [3.8, 4) is 0 Å². The number of ether oxygens (including phenoxy) is 1. The maximum atomic E-state index is 12.3. The summed E-state index contributed by atoms with van der Waals surface area (Å²) in [5, 5.41) is 0. The molecule has 4 nitrogen and oxygen atoms in total. The van der Waals surface area contributed by atoms with E-state index in [-0.39, 0.29) is 11.7 Å². The standard InChI is InChI=1S/C14H24N2O2/c1-14(2,3)18-13(17)16-8-10-4-6-15-7-5-11(10)12(16)9-15/h10-12H,4-9H2,1-3H3. The number of likely N-dealkylation sites (tertiary alicyclic amines) is 1. The molecule has 4 atom stereocenters. The van der Waals surface area contributed by atoms with Gasteiger partial charge >= 0.3 is 6.09 Å². The predicted octanol–water partition coefficient (Wildman–Crippen LogP) is 1.95. The number of nitrogens with zero attached hydrogens (tertiary/aromatic N) is 2. The number of carbonyl (C=O) groups is 1. The Morgan fingerprint density at radius 2 is 1.89 bits per heavy atom. The minimum absolute atomic E-state index is 0.108. The van der Waals surface area contributed by atoms with Crippen molar-refractivity contribution in [2.24, 2.45) is 11.8 Å². The number of rotatable bonds is 0. The number of hydrogen-bond acceptors (Lipinski definition) is 3. The van der Waals surface area contributed by atoms with E-state index in [1.165, 1.54) is 25.9 Å². The van der Waals surface area contributed by atoms with Crippen molar-refractivity contribution in [3.05, 3.63) is 0 Å². The van der Waals surface area contributed by atoms with Gasteiger partial charge in [-0.3, -0.25) is 0 Å². The maximum absolute atomic E-state index is 12.3. The van der Waals surface area contributed by atoms with Crippen LogP contribution in [0.1, 0.15) is 33.6 Å². The largest absolute Gasteiger partial charge is 0.444 e. The molecule has 4 fully saturated rings. The van der Waals surface area contributed by atoms with Gasteiger partial charge in [0.1, 0.15) is 5.60 Å². The first-order valence-corrected chi connectivity index (χ1v) is 7.16. The minimum atomic E-state index is -0.386. The van der Waals surface area contributed by atoms with Crippen LogP contribution in [0.15, 0.2) is 0 Å². The third kappa shape index (κ3) is 2.11. The minimum Gasteiger partial charge on any atom is -0.444 e. The van der Waals surface area contributed by atoms with Crippen LogP contribution in [0.3, 0.4) is 0 Å². The molecular weight excluding hydrogens is 228 g/mol. The Morgan fingerprint density at radius 3 is 2.61 bits per heavy atom. The molecule has 0 aromatic heterocycles. The highest BCUT2D eigenvalue weighted by atomic mass is 16.6. The molecular formula is C14H24N2O2. The number of carbonyl (C=O) groups excluding carboxylic acids is 1. The van der Waals surface area contributed by atoms with Crippen LogP contribution in [-0.2, 0) is 4.74 Å². The molecule has 102 valence electrons. The van der Waals surface area contributed by atoms with Crippen molar-refractivity contribution in [2.75, 3.05) is 26.2 Å². The van der Waals surface area contributed by atoms with Crippen molar-refractivity contribution in [1.29, 1.82) is 0 Å². The van der Waals surface area contributed by atoms with Gasteiger partial charge < -0.3 is 14.5 Å². The lowest BCUT2D eigenvalue weighted by molar-refractivity contribution is 0.0126. The molecule has 18 heavy (non-hydrogen) atoms. The van der Waals surface area contributed by atoms with Crippen molar-refractivity contribution in [1.82, 2.24) is 9.80 Å².